The molecule has 1 aliphatic rings. The molecule has 4 rings (SSSR count). The molecule has 0 radical (unpaired) electrons. The minimum absolute atomic E-state index is 0.118. The summed E-state index contributed by atoms with van der Waals surface area (Å²) in [4.78, 5) is 13.8. The van der Waals surface area contributed by atoms with Crippen LogP contribution in [0.25, 0.3) is 10.9 Å². The van der Waals surface area contributed by atoms with Crippen molar-refractivity contribution in [3.05, 3.63) is 59.5 Å². The van der Waals surface area contributed by atoms with Crippen molar-refractivity contribution in [1.29, 1.82) is 0 Å². The number of carboxylic acids is 1. The molecule has 0 unspecified atom stereocenters. The smallest absolute Gasteiger partial charge is 0.339 e. The molecule has 0 saturated carbocycles. The van der Waals surface area contributed by atoms with E-state index in [1.165, 1.54) is 19.2 Å². The molecule has 35 heavy (non-hydrogen) atoms. The number of ether oxygens (including phenoxy) is 3. The zero-order valence-electron chi connectivity index (χ0n) is 20.3. The van der Waals surface area contributed by atoms with Crippen LogP contribution in [0.15, 0.2) is 42.6 Å². The van der Waals surface area contributed by atoms with Gasteiger partial charge in [-0.3, -0.25) is 4.90 Å². The minimum atomic E-state index is -1.03. The number of benzene rings is 2. The average Bonchev–Trinajstić information content (AvgIpc) is 3.24. The van der Waals surface area contributed by atoms with Crippen molar-refractivity contribution in [1.82, 2.24) is 9.47 Å². The number of hydrogen-bond acceptors (Lipinski definition) is 5. The van der Waals surface area contributed by atoms with Crippen molar-refractivity contribution in [3.63, 3.8) is 0 Å². The lowest BCUT2D eigenvalue weighted by atomic mass is 9.89. The van der Waals surface area contributed by atoms with Crippen LogP contribution in [0, 0.1) is 5.82 Å². The van der Waals surface area contributed by atoms with E-state index in [9.17, 15) is 14.3 Å². The van der Waals surface area contributed by atoms with Crippen molar-refractivity contribution in [2.75, 3.05) is 46.6 Å². The van der Waals surface area contributed by atoms with Crippen LogP contribution in [0.2, 0.25) is 0 Å². The Bertz CT molecular complexity index is 1150. The summed E-state index contributed by atoms with van der Waals surface area (Å²) >= 11 is 0. The summed E-state index contributed by atoms with van der Waals surface area (Å²) in [7, 11) is 1.53. The number of aromatic nitrogens is 1. The SMILES string of the molecule is CCOCCn1cc(C2CCN(CCOc3cc(OC)ccc3C(=O)O)CC2)c2c(F)cccc21. The molecule has 0 spiro atoms. The van der Waals surface area contributed by atoms with Crippen molar-refractivity contribution in [2.24, 2.45) is 0 Å². The van der Waals surface area contributed by atoms with E-state index in [0.29, 0.717) is 44.4 Å². The number of fused-ring (bicyclic) bond motifs is 1. The minimum Gasteiger partial charge on any atom is -0.497 e. The number of carbonyl (C=O) groups is 1. The van der Waals surface area contributed by atoms with Gasteiger partial charge in [-0.1, -0.05) is 6.07 Å². The Hall–Kier alpha value is -3.10. The Balaban J connectivity index is 1.37. The molecular weight excluding hydrogens is 451 g/mol. The number of nitrogens with zero attached hydrogens (tertiary/aromatic N) is 2. The number of likely N-dealkylation sites (tertiary alicyclic amines) is 1. The topological polar surface area (TPSA) is 73.2 Å². The number of rotatable bonds is 11. The molecule has 1 fully saturated rings. The zero-order chi connectivity index (χ0) is 24.8. The van der Waals surface area contributed by atoms with Gasteiger partial charge in [-0.05, 0) is 68.6 Å². The Morgan fingerprint density at radius 1 is 1.14 bits per heavy atom. The van der Waals surface area contributed by atoms with Crippen molar-refractivity contribution in [3.8, 4) is 11.5 Å². The summed E-state index contributed by atoms with van der Waals surface area (Å²) in [5.74, 6) is -0.0513. The molecule has 3 aromatic rings. The quantitative estimate of drug-likeness (QED) is 0.395. The third kappa shape index (κ3) is 5.77. The van der Waals surface area contributed by atoms with Gasteiger partial charge in [-0.25, -0.2) is 9.18 Å². The summed E-state index contributed by atoms with van der Waals surface area (Å²) in [5.41, 5.74) is 2.11. The maximum Gasteiger partial charge on any atom is 0.339 e. The van der Waals surface area contributed by atoms with E-state index in [0.717, 1.165) is 42.4 Å². The molecule has 2 heterocycles. The van der Waals surface area contributed by atoms with Crippen LogP contribution in [0.4, 0.5) is 4.39 Å². The number of methoxy groups -OCH3 is 1. The maximum absolute atomic E-state index is 14.8. The Morgan fingerprint density at radius 3 is 2.66 bits per heavy atom. The summed E-state index contributed by atoms with van der Waals surface area (Å²) in [5, 5.41) is 10.1. The van der Waals surface area contributed by atoms with Gasteiger partial charge in [-0.2, -0.15) is 0 Å². The summed E-state index contributed by atoms with van der Waals surface area (Å²) in [6.45, 7) is 6.75. The lowest BCUT2D eigenvalue weighted by Gasteiger charge is -2.31. The Labute approximate surface area is 205 Å². The summed E-state index contributed by atoms with van der Waals surface area (Å²) < 4.78 is 33.5. The second kappa shape index (κ2) is 11.6. The van der Waals surface area contributed by atoms with E-state index in [2.05, 4.69) is 15.7 Å². The Morgan fingerprint density at radius 2 is 1.94 bits per heavy atom. The molecule has 1 aliphatic heterocycles. The van der Waals surface area contributed by atoms with E-state index in [-0.39, 0.29) is 17.3 Å². The molecule has 8 heteroatoms. The molecule has 0 bridgehead atoms. The number of carboxylic acid groups (broad SMARTS) is 1. The first kappa shape index (κ1) is 25.0. The number of hydrogen-bond donors (Lipinski definition) is 1. The highest BCUT2D eigenvalue weighted by Crippen LogP contribution is 2.36. The lowest BCUT2D eigenvalue weighted by molar-refractivity contribution is 0.0691. The van der Waals surface area contributed by atoms with E-state index < -0.39 is 5.97 Å². The van der Waals surface area contributed by atoms with Crippen LogP contribution in [-0.4, -0.2) is 67.1 Å². The molecular formula is C27H33FN2O5. The third-order valence-corrected chi connectivity index (χ3v) is 6.68. The molecule has 1 saturated heterocycles. The highest BCUT2D eigenvalue weighted by Gasteiger charge is 2.25. The van der Waals surface area contributed by atoms with Crippen LogP contribution < -0.4 is 9.47 Å². The van der Waals surface area contributed by atoms with Gasteiger partial charge in [0.1, 0.15) is 29.5 Å². The van der Waals surface area contributed by atoms with Crippen LogP contribution in [0.3, 0.4) is 0 Å². The second-order valence-electron chi connectivity index (χ2n) is 8.74. The van der Waals surface area contributed by atoms with Gasteiger partial charge >= 0.3 is 5.97 Å². The van der Waals surface area contributed by atoms with Gasteiger partial charge in [0.15, 0.2) is 0 Å². The van der Waals surface area contributed by atoms with Crippen molar-refractivity contribution < 1.29 is 28.5 Å². The van der Waals surface area contributed by atoms with Crippen LogP contribution >= 0.6 is 0 Å². The van der Waals surface area contributed by atoms with Crippen LogP contribution in [-0.2, 0) is 11.3 Å². The van der Waals surface area contributed by atoms with Crippen molar-refractivity contribution in [2.45, 2.75) is 32.2 Å². The molecule has 0 amide bonds. The van der Waals surface area contributed by atoms with Gasteiger partial charge < -0.3 is 23.9 Å². The fourth-order valence-corrected chi connectivity index (χ4v) is 4.82. The third-order valence-electron chi connectivity index (χ3n) is 6.68. The summed E-state index contributed by atoms with van der Waals surface area (Å²) in [6, 6.07) is 9.98. The highest BCUT2D eigenvalue weighted by molar-refractivity contribution is 5.91. The zero-order valence-corrected chi connectivity index (χ0v) is 20.3. The van der Waals surface area contributed by atoms with Gasteiger partial charge in [0.05, 0.1) is 19.2 Å². The monoisotopic (exact) mass is 484 g/mol. The predicted octanol–water partition coefficient (Wildman–Crippen LogP) is 4.78. The molecule has 188 valence electrons. The normalized spacial score (nSPS) is 14.9. The first-order valence-electron chi connectivity index (χ1n) is 12.1. The maximum atomic E-state index is 14.8. The second-order valence-corrected chi connectivity index (χ2v) is 8.74. The molecule has 7 nitrogen and oxygen atoms in total. The van der Waals surface area contributed by atoms with Crippen LogP contribution in [0.1, 0.15) is 41.6 Å². The lowest BCUT2D eigenvalue weighted by Crippen LogP contribution is -2.36. The van der Waals surface area contributed by atoms with Gasteiger partial charge in [0, 0.05) is 37.3 Å². The number of halogens is 1. The van der Waals surface area contributed by atoms with Crippen molar-refractivity contribution >= 4 is 16.9 Å². The van der Waals surface area contributed by atoms with E-state index in [1.54, 1.807) is 18.2 Å². The molecule has 1 aromatic heterocycles. The molecule has 1 N–H and O–H groups in total. The molecule has 0 atom stereocenters. The van der Waals surface area contributed by atoms with E-state index >= 15 is 0 Å². The first-order chi connectivity index (χ1) is 17.0. The largest absolute Gasteiger partial charge is 0.497 e. The first-order valence-corrected chi connectivity index (χ1v) is 12.1. The summed E-state index contributed by atoms with van der Waals surface area (Å²) in [6.07, 6.45) is 3.96. The predicted molar refractivity (Wildman–Crippen MR) is 132 cm³/mol. The average molecular weight is 485 g/mol. The van der Waals surface area contributed by atoms with Gasteiger partial charge in [-0.15, -0.1) is 0 Å². The standard InChI is InChI=1S/C27H33FN2O5/c1-3-34-15-14-30-18-22(26-23(28)5-4-6-24(26)30)19-9-11-29(12-10-19)13-16-35-25-17-20(33-2)7-8-21(25)27(31)32/h4-8,17-19H,3,9-16H2,1-2H3,(H,31,32). The molecule has 0 aliphatic carbocycles. The fraction of sp³-hybridized carbons (Fsp3) is 0.444. The van der Waals surface area contributed by atoms with E-state index in [1.807, 2.05) is 13.0 Å². The number of aromatic carboxylic acids is 1. The fourth-order valence-electron chi connectivity index (χ4n) is 4.82. The van der Waals surface area contributed by atoms with E-state index in [4.69, 9.17) is 14.2 Å². The highest BCUT2D eigenvalue weighted by atomic mass is 19.1. The Kier molecular flexibility index (Phi) is 8.25. The van der Waals surface area contributed by atoms with Gasteiger partial charge in [0.25, 0.3) is 0 Å². The van der Waals surface area contributed by atoms with Gasteiger partial charge in [0.2, 0.25) is 0 Å². The van der Waals surface area contributed by atoms with Crippen LogP contribution in [0.5, 0.6) is 11.5 Å². The molecule has 2 aromatic carbocycles. The number of piperidine rings is 1.